The fourth-order valence-electron chi connectivity index (χ4n) is 2.33. The maximum Gasteiger partial charge on any atom is 0.226 e. The van der Waals surface area contributed by atoms with Gasteiger partial charge in [-0.05, 0) is 37.6 Å². The molecule has 0 atom stereocenters. The van der Waals surface area contributed by atoms with Crippen LogP contribution in [0.3, 0.4) is 0 Å². The lowest BCUT2D eigenvalue weighted by molar-refractivity contribution is -0.116. The number of hydrogen-bond donors (Lipinski definition) is 1. The van der Waals surface area contributed by atoms with Crippen molar-refractivity contribution in [3.8, 4) is 0 Å². The molecule has 0 aliphatic heterocycles. The van der Waals surface area contributed by atoms with Gasteiger partial charge in [-0.1, -0.05) is 47.3 Å². The number of anilines is 1. The van der Waals surface area contributed by atoms with Crippen molar-refractivity contribution in [2.24, 2.45) is 0 Å². The Bertz CT molecular complexity index is 833. The molecular formula is C19H19N3O2S. The van der Waals surface area contributed by atoms with Crippen molar-refractivity contribution in [2.75, 3.05) is 5.32 Å². The third-order valence-corrected chi connectivity index (χ3v) is 4.58. The Hall–Kier alpha value is -2.60. The fourth-order valence-corrected chi connectivity index (χ4v) is 3.25. The van der Waals surface area contributed by atoms with E-state index in [1.807, 2.05) is 42.5 Å². The van der Waals surface area contributed by atoms with E-state index in [9.17, 15) is 4.79 Å². The predicted octanol–water partition coefficient (Wildman–Crippen LogP) is 4.49. The van der Waals surface area contributed by atoms with Crippen molar-refractivity contribution in [3.05, 3.63) is 66.3 Å². The van der Waals surface area contributed by atoms with Gasteiger partial charge in [0.25, 0.3) is 0 Å². The highest BCUT2D eigenvalue weighted by Crippen LogP contribution is 2.33. The average molecular weight is 353 g/mol. The second-order valence-electron chi connectivity index (χ2n) is 5.55. The Morgan fingerprint density at radius 3 is 2.64 bits per heavy atom. The summed E-state index contributed by atoms with van der Waals surface area (Å²) in [6.45, 7) is 1.78. The quantitative estimate of drug-likeness (QED) is 0.678. The van der Waals surface area contributed by atoms with Crippen molar-refractivity contribution >= 4 is 23.4 Å². The predicted molar refractivity (Wildman–Crippen MR) is 97.6 cm³/mol. The van der Waals surface area contributed by atoms with E-state index in [1.165, 1.54) is 0 Å². The van der Waals surface area contributed by atoms with Crippen LogP contribution in [0.25, 0.3) is 0 Å². The second kappa shape index (κ2) is 8.48. The second-order valence-corrected chi connectivity index (χ2v) is 6.66. The molecule has 6 heteroatoms. The smallest absolute Gasteiger partial charge is 0.226 e. The number of rotatable bonds is 7. The first kappa shape index (κ1) is 17.2. The molecule has 1 amide bonds. The number of amides is 1. The van der Waals surface area contributed by atoms with Crippen LogP contribution >= 0.6 is 11.8 Å². The highest BCUT2D eigenvalue weighted by molar-refractivity contribution is 7.99. The Kier molecular flexibility index (Phi) is 5.85. The number of hydrogen-bond acceptors (Lipinski definition) is 5. The number of carbonyl (C=O) groups is 1. The van der Waals surface area contributed by atoms with Crippen LogP contribution in [0.1, 0.15) is 24.6 Å². The van der Waals surface area contributed by atoms with Gasteiger partial charge in [0.05, 0.1) is 5.69 Å². The van der Waals surface area contributed by atoms with Crippen LogP contribution in [0.15, 0.2) is 68.9 Å². The number of benzene rings is 2. The molecule has 0 saturated heterocycles. The summed E-state index contributed by atoms with van der Waals surface area (Å²) in [4.78, 5) is 18.5. The van der Waals surface area contributed by atoms with Gasteiger partial charge < -0.3 is 9.84 Å². The number of para-hydroxylation sites is 1. The topological polar surface area (TPSA) is 68.0 Å². The number of carbonyl (C=O) groups excluding carboxylic acids is 1. The van der Waals surface area contributed by atoms with E-state index in [0.717, 1.165) is 15.5 Å². The number of nitrogens with one attached hydrogen (secondary N) is 1. The third-order valence-electron chi connectivity index (χ3n) is 3.50. The molecule has 0 unspecified atom stereocenters. The van der Waals surface area contributed by atoms with Gasteiger partial charge in [0.2, 0.25) is 11.8 Å². The van der Waals surface area contributed by atoms with Crippen LogP contribution < -0.4 is 5.32 Å². The van der Waals surface area contributed by atoms with Crippen molar-refractivity contribution in [1.29, 1.82) is 0 Å². The molecule has 1 heterocycles. The molecule has 0 aliphatic carbocycles. The zero-order valence-electron chi connectivity index (χ0n) is 13.9. The van der Waals surface area contributed by atoms with E-state index in [2.05, 4.69) is 27.6 Å². The lowest BCUT2D eigenvalue weighted by Crippen LogP contribution is -2.12. The molecule has 0 spiro atoms. The summed E-state index contributed by atoms with van der Waals surface area (Å²) in [5.41, 5.74) is 0.829. The Balaban J connectivity index is 1.55. The van der Waals surface area contributed by atoms with Crippen LogP contribution in [0, 0.1) is 6.92 Å². The molecule has 0 bridgehead atoms. The van der Waals surface area contributed by atoms with Gasteiger partial charge in [-0.15, -0.1) is 0 Å². The minimum absolute atomic E-state index is 0.0163. The molecule has 0 radical (unpaired) electrons. The highest BCUT2D eigenvalue weighted by atomic mass is 32.2. The lowest BCUT2D eigenvalue weighted by atomic mass is 10.2. The number of nitrogens with zero attached hydrogens (tertiary/aromatic N) is 2. The minimum atomic E-state index is -0.0163. The lowest BCUT2D eigenvalue weighted by Gasteiger charge is -2.10. The molecular weight excluding hydrogens is 334 g/mol. The van der Waals surface area contributed by atoms with E-state index in [-0.39, 0.29) is 5.91 Å². The van der Waals surface area contributed by atoms with E-state index in [1.54, 1.807) is 18.7 Å². The highest BCUT2D eigenvalue weighted by Gasteiger charge is 2.09. The molecule has 1 aromatic heterocycles. The molecule has 3 aromatic rings. The van der Waals surface area contributed by atoms with Gasteiger partial charge in [-0.25, -0.2) is 0 Å². The third kappa shape index (κ3) is 5.19. The monoisotopic (exact) mass is 353 g/mol. The first-order chi connectivity index (χ1) is 12.2. The van der Waals surface area contributed by atoms with Gasteiger partial charge in [0.15, 0.2) is 5.82 Å². The average Bonchev–Trinajstić information content (AvgIpc) is 3.03. The Morgan fingerprint density at radius 2 is 1.88 bits per heavy atom. The van der Waals surface area contributed by atoms with E-state index >= 15 is 0 Å². The standard InChI is InChI=1S/C19H19N3O2S/c1-14-20-19(24-22-14)13-7-12-18(23)21-16-10-5-6-11-17(16)25-15-8-3-2-4-9-15/h2-6,8-11H,7,12-13H2,1H3,(H,21,23). The minimum Gasteiger partial charge on any atom is -0.339 e. The molecule has 0 aliphatic rings. The van der Waals surface area contributed by atoms with E-state index in [4.69, 9.17) is 4.52 Å². The molecule has 25 heavy (non-hydrogen) atoms. The maximum atomic E-state index is 12.2. The van der Waals surface area contributed by atoms with Gasteiger partial charge in [0, 0.05) is 22.6 Å². The normalized spacial score (nSPS) is 10.6. The SMILES string of the molecule is Cc1noc(CCCC(=O)Nc2ccccc2Sc2ccccc2)n1. The van der Waals surface area contributed by atoms with Crippen LogP contribution in [0.4, 0.5) is 5.69 Å². The molecule has 128 valence electrons. The Labute approximate surface area is 150 Å². The van der Waals surface area contributed by atoms with Crippen molar-refractivity contribution in [2.45, 2.75) is 36.0 Å². The van der Waals surface area contributed by atoms with Crippen LogP contribution in [-0.4, -0.2) is 16.0 Å². The molecule has 1 N–H and O–H groups in total. The van der Waals surface area contributed by atoms with E-state index < -0.39 is 0 Å². The van der Waals surface area contributed by atoms with Gasteiger partial charge in [0.1, 0.15) is 0 Å². The van der Waals surface area contributed by atoms with Crippen molar-refractivity contribution in [3.63, 3.8) is 0 Å². The van der Waals surface area contributed by atoms with E-state index in [0.29, 0.717) is 31.0 Å². The fraction of sp³-hybridized carbons (Fsp3) is 0.211. The Morgan fingerprint density at radius 1 is 1.12 bits per heavy atom. The first-order valence-corrected chi connectivity index (χ1v) is 8.93. The summed E-state index contributed by atoms with van der Waals surface area (Å²) in [6, 6.07) is 17.9. The molecule has 3 rings (SSSR count). The summed E-state index contributed by atoms with van der Waals surface area (Å²) in [6.07, 6.45) is 1.68. The maximum absolute atomic E-state index is 12.2. The zero-order chi connectivity index (χ0) is 17.5. The molecule has 0 fully saturated rings. The van der Waals surface area contributed by atoms with Crippen LogP contribution in [0.5, 0.6) is 0 Å². The molecule has 2 aromatic carbocycles. The largest absolute Gasteiger partial charge is 0.339 e. The van der Waals surface area contributed by atoms with Crippen LogP contribution in [-0.2, 0) is 11.2 Å². The van der Waals surface area contributed by atoms with Gasteiger partial charge in [-0.3, -0.25) is 4.79 Å². The van der Waals surface area contributed by atoms with Crippen LogP contribution in [0.2, 0.25) is 0 Å². The first-order valence-electron chi connectivity index (χ1n) is 8.12. The zero-order valence-corrected chi connectivity index (χ0v) is 14.8. The summed E-state index contributed by atoms with van der Waals surface area (Å²) in [5, 5.41) is 6.74. The molecule has 0 saturated carbocycles. The van der Waals surface area contributed by atoms with Gasteiger partial charge >= 0.3 is 0 Å². The number of aromatic nitrogens is 2. The summed E-state index contributed by atoms with van der Waals surface area (Å²) in [7, 11) is 0. The van der Waals surface area contributed by atoms with Crippen molar-refractivity contribution in [1.82, 2.24) is 10.1 Å². The summed E-state index contributed by atoms with van der Waals surface area (Å²) >= 11 is 1.63. The van der Waals surface area contributed by atoms with Crippen molar-refractivity contribution < 1.29 is 9.32 Å². The summed E-state index contributed by atoms with van der Waals surface area (Å²) < 4.78 is 5.05. The van der Waals surface area contributed by atoms with Gasteiger partial charge in [-0.2, -0.15) is 4.98 Å². The number of aryl methyl sites for hydroxylation is 2. The summed E-state index contributed by atoms with van der Waals surface area (Å²) in [5.74, 6) is 1.17. The molecule has 5 nitrogen and oxygen atoms in total.